The zero-order valence-corrected chi connectivity index (χ0v) is 12.3. The number of aliphatic hydroxyl groups is 1. The van der Waals surface area contributed by atoms with Crippen LogP contribution >= 0.6 is 11.3 Å². The van der Waals surface area contributed by atoms with Gasteiger partial charge in [0.2, 0.25) is 0 Å². The van der Waals surface area contributed by atoms with Gasteiger partial charge in [-0.3, -0.25) is 0 Å². The molecule has 0 bridgehead atoms. The zero-order valence-electron chi connectivity index (χ0n) is 11.5. The summed E-state index contributed by atoms with van der Waals surface area (Å²) >= 11 is 1.47. The van der Waals surface area contributed by atoms with Crippen LogP contribution in [0, 0.1) is 13.8 Å². The summed E-state index contributed by atoms with van der Waals surface area (Å²) in [6.07, 6.45) is -0.666. The summed E-state index contributed by atoms with van der Waals surface area (Å²) in [5, 5.41) is 17.2. The molecule has 0 spiro atoms. The topological polar surface area (TPSA) is 61.4 Å². The maximum atomic E-state index is 11.8. The Morgan fingerprint density at radius 3 is 2.75 bits per heavy atom. The summed E-state index contributed by atoms with van der Waals surface area (Å²) < 4.78 is 0. The number of benzene rings is 1. The highest BCUT2D eigenvalue weighted by Crippen LogP contribution is 2.18. The van der Waals surface area contributed by atoms with E-state index in [1.165, 1.54) is 16.9 Å². The second-order valence-electron chi connectivity index (χ2n) is 4.67. The number of urea groups is 1. The highest BCUT2D eigenvalue weighted by Gasteiger charge is 2.10. The molecule has 0 unspecified atom stereocenters. The first-order valence-electron chi connectivity index (χ1n) is 6.40. The van der Waals surface area contributed by atoms with Gasteiger partial charge in [0.1, 0.15) is 6.10 Å². The number of carbonyl (C=O) groups is 1. The fourth-order valence-corrected chi connectivity index (χ4v) is 2.48. The van der Waals surface area contributed by atoms with E-state index in [1.807, 2.05) is 49.6 Å². The van der Waals surface area contributed by atoms with E-state index < -0.39 is 6.10 Å². The fourth-order valence-electron chi connectivity index (χ4n) is 1.77. The van der Waals surface area contributed by atoms with Crippen LogP contribution in [-0.2, 0) is 0 Å². The lowest BCUT2D eigenvalue weighted by Crippen LogP contribution is -2.32. The monoisotopic (exact) mass is 290 g/mol. The van der Waals surface area contributed by atoms with Gasteiger partial charge in [-0.05, 0) is 48.6 Å². The van der Waals surface area contributed by atoms with Gasteiger partial charge in [0, 0.05) is 10.6 Å². The second kappa shape index (κ2) is 6.54. The quantitative estimate of drug-likeness (QED) is 0.809. The van der Waals surface area contributed by atoms with Crippen molar-refractivity contribution >= 4 is 23.1 Å². The van der Waals surface area contributed by atoms with Crippen molar-refractivity contribution in [2.45, 2.75) is 20.0 Å². The molecule has 2 rings (SSSR count). The van der Waals surface area contributed by atoms with Crippen LogP contribution in [-0.4, -0.2) is 17.7 Å². The average molecular weight is 290 g/mol. The number of rotatable bonds is 4. The first kappa shape index (κ1) is 14.6. The fraction of sp³-hybridized carbons (Fsp3) is 0.267. The van der Waals surface area contributed by atoms with Crippen LogP contribution in [0.15, 0.2) is 35.7 Å². The van der Waals surface area contributed by atoms with E-state index in [9.17, 15) is 9.90 Å². The molecule has 1 heterocycles. The minimum atomic E-state index is -0.666. The number of thiophene rings is 1. The number of amides is 2. The van der Waals surface area contributed by atoms with Crippen molar-refractivity contribution in [3.8, 4) is 0 Å². The Labute approximate surface area is 122 Å². The number of hydrogen-bond acceptors (Lipinski definition) is 3. The predicted octanol–water partition coefficient (Wildman–Crippen LogP) is 3.22. The van der Waals surface area contributed by atoms with Crippen molar-refractivity contribution in [2.75, 3.05) is 11.9 Å². The molecule has 4 nitrogen and oxygen atoms in total. The van der Waals surface area contributed by atoms with E-state index in [2.05, 4.69) is 10.6 Å². The predicted molar refractivity (Wildman–Crippen MR) is 82.2 cm³/mol. The average Bonchev–Trinajstić information content (AvgIpc) is 2.94. The minimum absolute atomic E-state index is 0.192. The molecule has 0 aliphatic heterocycles. The second-order valence-corrected chi connectivity index (χ2v) is 5.64. The van der Waals surface area contributed by atoms with Crippen molar-refractivity contribution in [3.63, 3.8) is 0 Å². The molecular weight excluding hydrogens is 272 g/mol. The van der Waals surface area contributed by atoms with Gasteiger partial charge >= 0.3 is 6.03 Å². The summed E-state index contributed by atoms with van der Waals surface area (Å²) in [7, 11) is 0. The van der Waals surface area contributed by atoms with Gasteiger partial charge in [-0.25, -0.2) is 4.79 Å². The van der Waals surface area contributed by atoms with Crippen LogP contribution in [0.2, 0.25) is 0 Å². The lowest BCUT2D eigenvalue weighted by molar-refractivity contribution is 0.178. The van der Waals surface area contributed by atoms with Crippen LogP contribution in [0.25, 0.3) is 0 Å². The molecule has 0 aliphatic carbocycles. The molecule has 1 atom stereocenters. The number of aliphatic hydroxyl groups excluding tert-OH is 1. The molecule has 0 saturated heterocycles. The third kappa shape index (κ3) is 3.82. The largest absolute Gasteiger partial charge is 0.386 e. The summed E-state index contributed by atoms with van der Waals surface area (Å²) in [6.45, 7) is 4.22. The molecule has 1 aromatic heterocycles. The lowest BCUT2D eigenvalue weighted by Gasteiger charge is -2.12. The van der Waals surface area contributed by atoms with E-state index in [4.69, 9.17) is 0 Å². The molecule has 2 aromatic rings. The Kier molecular flexibility index (Phi) is 4.76. The Hall–Kier alpha value is -1.85. The highest BCUT2D eigenvalue weighted by molar-refractivity contribution is 7.10. The van der Waals surface area contributed by atoms with Crippen LogP contribution in [0.5, 0.6) is 0 Å². The van der Waals surface area contributed by atoms with Crippen LogP contribution in [0.3, 0.4) is 0 Å². The van der Waals surface area contributed by atoms with Crippen LogP contribution in [0.4, 0.5) is 10.5 Å². The van der Waals surface area contributed by atoms with E-state index in [0.717, 1.165) is 16.1 Å². The summed E-state index contributed by atoms with van der Waals surface area (Å²) in [6, 6.07) is 9.15. The number of anilines is 1. The van der Waals surface area contributed by atoms with Gasteiger partial charge in [0.15, 0.2) is 0 Å². The van der Waals surface area contributed by atoms with E-state index >= 15 is 0 Å². The molecule has 0 aliphatic rings. The molecule has 3 N–H and O–H groups in total. The number of aryl methyl sites for hydroxylation is 2. The maximum absolute atomic E-state index is 11.8. The molecule has 20 heavy (non-hydrogen) atoms. The van der Waals surface area contributed by atoms with Crippen LogP contribution in [0.1, 0.15) is 22.1 Å². The molecule has 0 saturated carbocycles. The Morgan fingerprint density at radius 2 is 2.10 bits per heavy atom. The van der Waals surface area contributed by atoms with Gasteiger partial charge in [-0.15, -0.1) is 11.3 Å². The van der Waals surface area contributed by atoms with Crippen LogP contribution < -0.4 is 10.6 Å². The molecule has 0 fully saturated rings. The van der Waals surface area contributed by atoms with Crippen molar-refractivity contribution < 1.29 is 9.90 Å². The standard InChI is InChI=1S/C15H18N2O2S/c1-10-5-6-12(8-11(10)2)17-15(19)16-9-13(18)14-4-3-7-20-14/h3-8,13,18H,9H2,1-2H3,(H2,16,17,19)/t13-/m0/s1. The number of nitrogens with one attached hydrogen (secondary N) is 2. The third-order valence-electron chi connectivity index (χ3n) is 3.09. The first-order valence-corrected chi connectivity index (χ1v) is 7.28. The Balaban J connectivity index is 1.85. The number of carbonyl (C=O) groups excluding carboxylic acids is 1. The van der Waals surface area contributed by atoms with E-state index in [0.29, 0.717) is 0 Å². The lowest BCUT2D eigenvalue weighted by atomic mass is 10.1. The minimum Gasteiger partial charge on any atom is -0.386 e. The van der Waals surface area contributed by atoms with Gasteiger partial charge in [0.25, 0.3) is 0 Å². The third-order valence-corrected chi connectivity index (χ3v) is 4.07. The van der Waals surface area contributed by atoms with Gasteiger partial charge in [-0.2, -0.15) is 0 Å². The molecule has 0 radical (unpaired) electrons. The smallest absolute Gasteiger partial charge is 0.319 e. The van der Waals surface area contributed by atoms with Crippen molar-refractivity contribution in [3.05, 3.63) is 51.7 Å². The van der Waals surface area contributed by atoms with E-state index in [1.54, 1.807) is 0 Å². The molecule has 2 amide bonds. The first-order chi connectivity index (χ1) is 9.56. The van der Waals surface area contributed by atoms with Crippen molar-refractivity contribution in [2.24, 2.45) is 0 Å². The number of hydrogen-bond donors (Lipinski definition) is 3. The zero-order chi connectivity index (χ0) is 14.5. The van der Waals surface area contributed by atoms with E-state index in [-0.39, 0.29) is 12.6 Å². The SMILES string of the molecule is Cc1ccc(NC(=O)NC[C@H](O)c2cccs2)cc1C. The van der Waals surface area contributed by atoms with Gasteiger partial charge < -0.3 is 15.7 Å². The molecular formula is C15H18N2O2S. The normalized spacial score (nSPS) is 11.9. The summed E-state index contributed by atoms with van der Waals surface area (Å²) in [5.41, 5.74) is 3.06. The van der Waals surface area contributed by atoms with Crippen molar-refractivity contribution in [1.29, 1.82) is 0 Å². The molecule has 5 heteroatoms. The Bertz CT molecular complexity index is 582. The van der Waals surface area contributed by atoms with Gasteiger partial charge in [-0.1, -0.05) is 12.1 Å². The molecule has 106 valence electrons. The maximum Gasteiger partial charge on any atom is 0.319 e. The van der Waals surface area contributed by atoms with Crippen molar-refractivity contribution in [1.82, 2.24) is 5.32 Å². The molecule has 1 aromatic carbocycles. The highest BCUT2D eigenvalue weighted by atomic mass is 32.1. The van der Waals surface area contributed by atoms with Gasteiger partial charge in [0.05, 0.1) is 6.54 Å². The summed E-state index contributed by atoms with van der Waals surface area (Å²) in [4.78, 5) is 12.6. The summed E-state index contributed by atoms with van der Waals surface area (Å²) in [5.74, 6) is 0. The Morgan fingerprint density at radius 1 is 1.30 bits per heavy atom.